The number of hydrogen-bond donors (Lipinski definition) is 0. The number of nitrogens with zero attached hydrogens (tertiary/aromatic N) is 2. The second-order valence-corrected chi connectivity index (χ2v) is 10.2. The highest BCUT2D eigenvalue weighted by Gasteiger charge is 2.39. The highest BCUT2D eigenvalue weighted by molar-refractivity contribution is 7.89. The first-order valence-corrected chi connectivity index (χ1v) is 11.9. The van der Waals surface area contributed by atoms with Gasteiger partial charge in [-0.15, -0.1) is 0 Å². The van der Waals surface area contributed by atoms with Gasteiger partial charge < -0.3 is 4.90 Å². The van der Waals surface area contributed by atoms with E-state index in [1.54, 1.807) is 28.6 Å². The number of hydrogen-bond acceptors (Lipinski definition) is 3. The van der Waals surface area contributed by atoms with Crippen LogP contribution in [0.15, 0.2) is 35.2 Å². The zero-order valence-corrected chi connectivity index (χ0v) is 16.7. The SMILES string of the molecule is O=C(C1CCN(S(=O)(=O)c2ccccc2)CC1)N1CCC[C@H]2CCCC[C@@H]21. The van der Waals surface area contributed by atoms with Gasteiger partial charge in [-0.3, -0.25) is 4.79 Å². The Hall–Kier alpha value is -1.40. The molecule has 1 aromatic carbocycles. The summed E-state index contributed by atoms with van der Waals surface area (Å²) in [6, 6.07) is 9.04. The maximum Gasteiger partial charge on any atom is 0.243 e. The molecule has 2 atom stereocenters. The molecule has 1 aliphatic carbocycles. The first-order chi connectivity index (χ1) is 13.1. The number of carbonyl (C=O) groups is 1. The lowest BCUT2D eigenvalue weighted by atomic mass is 9.77. The van der Waals surface area contributed by atoms with Crippen molar-refractivity contribution in [2.45, 2.75) is 62.3 Å². The van der Waals surface area contributed by atoms with Gasteiger partial charge in [-0.2, -0.15) is 4.31 Å². The molecule has 0 unspecified atom stereocenters. The van der Waals surface area contributed by atoms with Crippen LogP contribution in [0, 0.1) is 11.8 Å². The number of fused-ring (bicyclic) bond motifs is 1. The van der Waals surface area contributed by atoms with Crippen molar-refractivity contribution in [3.63, 3.8) is 0 Å². The molecular weight excluding hydrogens is 360 g/mol. The monoisotopic (exact) mass is 390 g/mol. The van der Waals surface area contributed by atoms with E-state index in [1.807, 2.05) is 6.07 Å². The predicted molar refractivity (Wildman–Crippen MR) is 105 cm³/mol. The summed E-state index contributed by atoms with van der Waals surface area (Å²) in [6.07, 6.45) is 8.62. The lowest BCUT2D eigenvalue weighted by molar-refractivity contribution is -0.143. The average Bonchev–Trinajstić information content (AvgIpc) is 2.73. The van der Waals surface area contributed by atoms with Gasteiger partial charge in [0.2, 0.25) is 15.9 Å². The molecule has 1 amide bonds. The summed E-state index contributed by atoms with van der Waals surface area (Å²) in [5.41, 5.74) is 0. The fourth-order valence-corrected chi connectivity index (χ4v) is 6.71. The Kier molecular flexibility index (Phi) is 5.55. The Morgan fingerprint density at radius 1 is 0.852 bits per heavy atom. The molecular formula is C21H30N2O3S. The second-order valence-electron chi connectivity index (χ2n) is 8.28. The predicted octanol–water partition coefficient (Wildman–Crippen LogP) is 3.27. The molecule has 0 radical (unpaired) electrons. The first kappa shape index (κ1) is 18.9. The van der Waals surface area contributed by atoms with Crippen molar-refractivity contribution >= 4 is 15.9 Å². The van der Waals surface area contributed by atoms with Gasteiger partial charge in [0.05, 0.1) is 4.90 Å². The molecule has 2 aliphatic heterocycles. The van der Waals surface area contributed by atoms with Gasteiger partial charge in [-0.1, -0.05) is 31.0 Å². The van der Waals surface area contributed by atoms with E-state index in [1.165, 1.54) is 25.7 Å². The number of amides is 1. The fourth-order valence-electron chi connectivity index (χ4n) is 5.22. The van der Waals surface area contributed by atoms with Gasteiger partial charge in [0.1, 0.15) is 0 Å². The lowest BCUT2D eigenvalue weighted by Gasteiger charge is -2.46. The Bertz CT molecular complexity index is 755. The van der Waals surface area contributed by atoms with Crippen LogP contribution in [0.2, 0.25) is 0 Å². The van der Waals surface area contributed by atoms with Crippen LogP contribution in [0.3, 0.4) is 0 Å². The molecule has 2 saturated heterocycles. The van der Waals surface area contributed by atoms with E-state index in [0.717, 1.165) is 19.4 Å². The number of carbonyl (C=O) groups excluding carboxylic acids is 1. The van der Waals surface area contributed by atoms with Gasteiger partial charge >= 0.3 is 0 Å². The zero-order valence-electron chi connectivity index (χ0n) is 15.9. The summed E-state index contributed by atoms with van der Waals surface area (Å²) in [4.78, 5) is 15.7. The standard InChI is InChI=1S/C21H30N2O3S/c24-21(23-14-6-8-17-7-4-5-11-20(17)23)18-12-15-22(16-13-18)27(25,26)19-9-2-1-3-10-19/h1-3,9-10,17-18,20H,4-8,11-16H2/t17-,20+/m1/s1. The number of rotatable bonds is 3. The minimum atomic E-state index is -3.45. The van der Waals surface area contributed by atoms with Crippen LogP contribution in [0.5, 0.6) is 0 Å². The van der Waals surface area contributed by atoms with Gasteiger partial charge in [-0.05, 0) is 56.6 Å². The van der Waals surface area contributed by atoms with Gasteiger partial charge in [0.15, 0.2) is 0 Å². The molecule has 0 spiro atoms. The molecule has 27 heavy (non-hydrogen) atoms. The van der Waals surface area contributed by atoms with E-state index < -0.39 is 10.0 Å². The normalized spacial score (nSPS) is 27.9. The van der Waals surface area contributed by atoms with E-state index in [0.29, 0.717) is 42.8 Å². The number of benzene rings is 1. The lowest BCUT2D eigenvalue weighted by Crippen LogP contribution is -2.53. The molecule has 6 heteroatoms. The van der Waals surface area contributed by atoms with Crippen molar-refractivity contribution in [2.75, 3.05) is 19.6 Å². The Labute approximate surface area is 162 Å². The average molecular weight is 391 g/mol. The van der Waals surface area contributed by atoms with E-state index in [9.17, 15) is 13.2 Å². The Morgan fingerprint density at radius 2 is 1.52 bits per heavy atom. The highest BCUT2D eigenvalue weighted by atomic mass is 32.2. The van der Waals surface area contributed by atoms with Crippen LogP contribution in [-0.2, 0) is 14.8 Å². The molecule has 2 heterocycles. The third-order valence-corrected chi connectivity index (χ3v) is 8.62. The third-order valence-electron chi connectivity index (χ3n) is 6.71. The second kappa shape index (κ2) is 7.92. The molecule has 1 saturated carbocycles. The zero-order chi connectivity index (χ0) is 18.9. The molecule has 3 fully saturated rings. The summed E-state index contributed by atoms with van der Waals surface area (Å²) in [6.45, 7) is 1.77. The minimum Gasteiger partial charge on any atom is -0.339 e. The smallest absolute Gasteiger partial charge is 0.243 e. The van der Waals surface area contributed by atoms with Crippen molar-refractivity contribution < 1.29 is 13.2 Å². The molecule has 0 N–H and O–H groups in total. The maximum absolute atomic E-state index is 13.2. The van der Waals surface area contributed by atoms with Crippen molar-refractivity contribution in [3.8, 4) is 0 Å². The van der Waals surface area contributed by atoms with Crippen molar-refractivity contribution in [3.05, 3.63) is 30.3 Å². The van der Waals surface area contributed by atoms with Crippen LogP contribution in [0.25, 0.3) is 0 Å². The van der Waals surface area contributed by atoms with Crippen molar-refractivity contribution in [2.24, 2.45) is 11.8 Å². The first-order valence-electron chi connectivity index (χ1n) is 10.4. The summed E-state index contributed by atoms with van der Waals surface area (Å²) in [7, 11) is -3.45. The minimum absolute atomic E-state index is 0.0205. The van der Waals surface area contributed by atoms with E-state index in [4.69, 9.17) is 0 Å². The highest BCUT2D eigenvalue weighted by Crippen LogP contribution is 2.37. The van der Waals surface area contributed by atoms with Gasteiger partial charge in [0.25, 0.3) is 0 Å². The fraction of sp³-hybridized carbons (Fsp3) is 0.667. The van der Waals surface area contributed by atoms with Gasteiger partial charge in [-0.25, -0.2) is 8.42 Å². The molecule has 0 aromatic heterocycles. The molecule has 4 rings (SSSR count). The topological polar surface area (TPSA) is 57.7 Å². The summed E-state index contributed by atoms with van der Waals surface area (Å²) < 4.78 is 27.1. The Morgan fingerprint density at radius 3 is 2.26 bits per heavy atom. The van der Waals surface area contributed by atoms with Crippen LogP contribution >= 0.6 is 0 Å². The quantitative estimate of drug-likeness (QED) is 0.796. The van der Waals surface area contributed by atoms with E-state index in [2.05, 4.69) is 4.90 Å². The number of piperidine rings is 2. The number of sulfonamides is 1. The molecule has 0 bridgehead atoms. The largest absolute Gasteiger partial charge is 0.339 e. The van der Waals surface area contributed by atoms with Gasteiger partial charge in [0, 0.05) is 31.6 Å². The summed E-state index contributed by atoms with van der Waals surface area (Å²) in [5.74, 6) is 0.950. The van der Waals surface area contributed by atoms with Crippen molar-refractivity contribution in [1.82, 2.24) is 9.21 Å². The summed E-state index contributed by atoms with van der Waals surface area (Å²) in [5, 5.41) is 0. The molecule has 3 aliphatic rings. The van der Waals surface area contributed by atoms with Crippen LogP contribution in [0.1, 0.15) is 51.4 Å². The van der Waals surface area contributed by atoms with Crippen molar-refractivity contribution in [1.29, 1.82) is 0 Å². The molecule has 1 aromatic rings. The Balaban J connectivity index is 1.39. The van der Waals surface area contributed by atoms with Crippen LogP contribution in [-0.4, -0.2) is 49.2 Å². The van der Waals surface area contributed by atoms with E-state index >= 15 is 0 Å². The number of likely N-dealkylation sites (tertiary alicyclic amines) is 1. The molecule has 148 valence electrons. The third kappa shape index (κ3) is 3.79. The van der Waals surface area contributed by atoms with E-state index in [-0.39, 0.29) is 11.8 Å². The maximum atomic E-state index is 13.2. The van der Waals surface area contributed by atoms with Crippen LogP contribution < -0.4 is 0 Å². The summed E-state index contributed by atoms with van der Waals surface area (Å²) >= 11 is 0. The molecule has 5 nitrogen and oxygen atoms in total. The van der Waals surface area contributed by atoms with Crippen LogP contribution in [0.4, 0.5) is 0 Å².